The van der Waals surface area contributed by atoms with E-state index in [1.807, 2.05) is 6.07 Å². The van der Waals surface area contributed by atoms with Gasteiger partial charge in [0.1, 0.15) is 18.1 Å². The predicted octanol–water partition coefficient (Wildman–Crippen LogP) is 2.53. The molecule has 4 heteroatoms. The van der Waals surface area contributed by atoms with Gasteiger partial charge in [-0.3, -0.25) is 0 Å². The summed E-state index contributed by atoms with van der Waals surface area (Å²) in [6.45, 7) is 7.93. The molecule has 0 saturated heterocycles. The van der Waals surface area contributed by atoms with Crippen molar-refractivity contribution in [1.82, 2.24) is 4.90 Å². The summed E-state index contributed by atoms with van der Waals surface area (Å²) in [5, 5.41) is 9.22. The first kappa shape index (κ1) is 15.1. The first-order valence-electron chi connectivity index (χ1n) is 5.40. The maximum Gasteiger partial charge on any atom is 0.123 e. The number of halogens is 1. The van der Waals surface area contributed by atoms with E-state index < -0.39 is 0 Å². The van der Waals surface area contributed by atoms with Crippen molar-refractivity contribution in [3.63, 3.8) is 0 Å². The van der Waals surface area contributed by atoms with Crippen LogP contribution in [0.25, 0.3) is 0 Å². The standard InChI is InChI=1S/C12H19NO2.ClH/c1-3-13(4-2)8-9-15-12-7-5-6-11(14)10-12;/h5-7,10,14H,3-4,8-9H2,1-2H3;1H. The fraction of sp³-hybridized carbons (Fsp3) is 0.500. The molecule has 0 atom stereocenters. The molecule has 0 aromatic heterocycles. The molecule has 3 nitrogen and oxygen atoms in total. The predicted molar refractivity (Wildman–Crippen MR) is 68.6 cm³/mol. The number of hydrogen-bond donors (Lipinski definition) is 1. The van der Waals surface area contributed by atoms with E-state index in [9.17, 15) is 5.11 Å². The Hall–Kier alpha value is -0.930. The van der Waals surface area contributed by atoms with Crippen LogP contribution in [0.15, 0.2) is 24.3 Å². The van der Waals surface area contributed by atoms with Crippen LogP contribution in [0.3, 0.4) is 0 Å². The third-order valence-corrected chi connectivity index (χ3v) is 2.39. The van der Waals surface area contributed by atoms with E-state index in [4.69, 9.17) is 4.74 Å². The maximum atomic E-state index is 9.22. The molecule has 1 N–H and O–H groups in total. The quantitative estimate of drug-likeness (QED) is 0.836. The minimum atomic E-state index is 0. The Morgan fingerprint density at radius 3 is 2.50 bits per heavy atom. The number of phenols is 1. The third-order valence-electron chi connectivity index (χ3n) is 2.39. The van der Waals surface area contributed by atoms with Crippen LogP contribution < -0.4 is 4.74 Å². The molecule has 0 radical (unpaired) electrons. The Balaban J connectivity index is 0.00000225. The highest BCUT2D eigenvalue weighted by molar-refractivity contribution is 5.85. The van der Waals surface area contributed by atoms with Gasteiger partial charge in [0.2, 0.25) is 0 Å². The molecule has 0 aliphatic rings. The lowest BCUT2D eigenvalue weighted by Gasteiger charge is -2.17. The zero-order valence-corrected chi connectivity index (χ0v) is 10.7. The number of aromatic hydroxyl groups is 1. The summed E-state index contributed by atoms with van der Waals surface area (Å²) in [7, 11) is 0. The van der Waals surface area contributed by atoms with Crippen molar-refractivity contribution in [1.29, 1.82) is 0 Å². The van der Waals surface area contributed by atoms with Gasteiger partial charge >= 0.3 is 0 Å². The first-order chi connectivity index (χ1) is 7.26. The van der Waals surface area contributed by atoms with Crippen LogP contribution in [0.5, 0.6) is 11.5 Å². The molecule has 1 aromatic carbocycles. The molecule has 0 bridgehead atoms. The van der Waals surface area contributed by atoms with Crippen molar-refractivity contribution in [2.75, 3.05) is 26.2 Å². The molecule has 0 saturated carbocycles. The number of phenolic OH excluding ortho intramolecular Hbond substituents is 1. The Morgan fingerprint density at radius 2 is 1.94 bits per heavy atom. The van der Waals surface area contributed by atoms with Crippen molar-refractivity contribution < 1.29 is 9.84 Å². The monoisotopic (exact) mass is 245 g/mol. The average molecular weight is 246 g/mol. The van der Waals surface area contributed by atoms with E-state index in [1.165, 1.54) is 0 Å². The fourth-order valence-corrected chi connectivity index (χ4v) is 1.41. The molecule has 92 valence electrons. The molecule has 0 unspecified atom stereocenters. The molecular formula is C12H20ClNO2. The summed E-state index contributed by atoms with van der Waals surface area (Å²) in [5.74, 6) is 0.970. The minimum absolute atomic E-state index is 0. The number of hydrogen-bond acceptors (Lipinski definition) is 3. The van der Waals surface area contributed by atoms with Crippen molar-refractivity contribution in [3.05, 3.63) is 24.3 Å². The van der Waals surface area contributed by atoms with Crippen LogP contribution in [0.1, 0.15) is 13.8 Å². The number of nitrogens with zero attached hydrogens (tertiary/aromatic N) is 1. The second kappa shape index (κ2) is 8.25. The van der Waals surface area contributed by atoms with Gasteiger partial charge in [-0.05, 0) is 25.2 Å². The number of benzene rings is 1. The van der Waals surface area contributed by atoms with Crippen molar-refractivity contribution in [2.45, 2.75) is 13.8 Å². The van der Waals surface area contributed by atoms with Crippen LogP contribution >= 0.6 is 12.4 Å². The van der Waals surface area contributed by atoms with Gasteiger partial charge in [-0.15, -0.1) is 12.4 Å². The van der Waals surface area contributed by atoms with Crippen molar-refractivity contribution >= 4 is 12.4 Å². The van der Waals surface area contributed by atoms with Crippen LogP contribution in [0.2, 0.25) is 0 Å². The molecule has 1 aromatic rings. The highest BCUT2D eigenvalue weighted by Crippen LogP contribution is 2.17. The lowest BCUT2D eigenvalue weighted by molar-refractivity contribution is 0.222. The molecule has 16 heavy (non-hydrogen) atoms. The largest absolute Gasteiger partial charge is 0.508 e. The number of rotatable bonds is 6. The number of ether oxygens (including phenoxy) is 1. The second-order valence-electron chi connectivity index (χ2n) is 3.37. The Morgan fingerprint density at radius 1 is 1.25 bits per heavy atom. The van der Waals surface area contributed by atoms with E-state index in [1.54, 1.807) is 18.2 Å². The van der Waals surface area contributed by atoms with E-state index in [0.29, 0.717) is 6.61 Å². The van der Waals surface area contributed by atoms with Gasteiger partial charge in [0.05, 0.1) is 0 Å². The fourth-order valence-electron chi connectivity index (χ4n) is 1.41. The van der Waals surface area contributed by atoms with Gasteiger partial charge in [0.15, 0.2) is 0 Å². The third kappa shape index (κ3) is 5.24. The van der Waals surface area contributed by atoms with Gasteiger partial charge in [-0.1, -0.05) is 19.9 Å². The summed E-state index contributed by atoms with van der Waals surface area (Å²) >= 11 is 0. The van der Waals surface area contributed by atoms with Crippen LogP contribution in [0.4, 0.5) is 0 Å². The Labute approximate surface area is 103 Å². The lowest BCUT2D eigenvalue weighted by atomic mass is 10.3. The minimum Gasteiger partial charge on any atom is -0.508 e. The SMILES string of the molecule is CCN(CC)CCOc1cccc(O)c1.Cl. The van der Waals surface area contributed by atoms with E-state index in [2.05, 4.69) is 18.7 Å². The normalized spacial score (nSPS) is 9.94. The Bertz CT molecular complexity index is 290. The van der Waals surface area contributed by atoms with Gasteiger partial charge in [0.25, 0.3) is 0 Å². The zero-order valence-electron chi connectivity index (χ0n) is 9.85. The first-order valence-corrected chi connectivity index (χ1v) is 5.40. The summed E-state index contributed by atoms with van der Waals surface area (Å²) in [6, 6.07) is 6.89. The second-order valence-corrected chi connectivity index (χ2v) is 3.37. The van der Waals surface area contributed by atoms with Crippen molar-refractivity contribution in [2.24, 2.45) is 0 Å². The van der Waals surface area contributed by atoms with E-state index in [0.717, 1.165) is 25.4 Å². The van der Waals surface area contributed by atoms with Crippen molar-refractivity contribution in [3.8, 4) is 11.5 Å². The highest BCUT2D eigenvalue weighted by atomic mass is 35.5. The maximum absolute atomic E-state index is 9.22. The molecule has 0 aliphatic heterocycles. The summed E-state index contributed by atoms with van der Waals surface area (Å²) < 4.78 is 5.52. The molecule has 0 fully saturated rings. The smallest absolute Gasteiger partial charge is 0.123 e. The van der Waals surface area contributed by atoms with Crippen LogP contribution in [-0.4, -0.2) is 36.2 Å². The molecule has 0 amide bonds. The topological polar surface area (TPSA) is 32.7 Å². The van der Waals surface area contributed by atoms with Gasteiger partial charge in [-0.25, -0.2) is 0 Å². The summed E-state index contributed by atoms with van der Waals surface area (Å²) in [6.07, 6.45) is 0. The summed E-state index contributed by atoms with van der Waals surface area (Å²) in [5.41, 5.74) is 0. The van der Waals surface area contributed by atoms with Gasteiger partial charge in [-0.2, -0.15) is 0 Å². The lowest BCUT2D eigenvalue weighted by Crippen LogP contribution is -2.27. The van der Waals surface area contributed by atoms with Crippen LogP contribution in [-0.2, 0) is 0 Å². The summed E-state index contributed by atoms with van der Waals surface area (Å²) in [4.78, 5) is 2.29. The zero-order chi connectivity index (χ0) is 11.1. The average Bonchev–Trinajstić information content (AvgIpc) is 2.25. The van der Waals surface area contributed by atoms with Gasteiger partial charge < -0.3 is 14.7 Å². The van der Waals surface area contributed by atoms with Gasteiger partial charge in [0, 0.05) is 12.6 Å². The van der Waals surface area contributed by atoms with E-state index in [-0.39, 0.29) is 18.2 Å². The Kier molecular flexibility index (Phi) is 7.77. The molecule has 0 spiro atoms. The molecule has 0 aliphatic carbocycles. The van der Waals surface area contributed by atoms with E-state index >= 15 is 0 Å². The molecular weight excluding hydrogens is 226 g/mol. The highest BCUT2D eigenvalue weighted by Gasteiger charge is 1.99. The van der Waals surface area contributed by atoms with Crippen LogP contribution in [0, 0.1) is 0 Å². The number of likely N-dealkylation sites (N-methyl/N-ethyl adjacent to an activating group) is 1. The molecule has 1 rings (SSSR count). The molecule has 0 heterocycles.